The van der Waals surface area contributed by atoms with Gasteiger partial charge in [-0.2, -0.15) is 0 Å². The van der Waals surface area contributed by atoms with Crippen LogP contribution in [0.15, 0.2) is 53.0 Å². The molecule has 0 unspecified atom stereocenters. The van der Waals surface area contributed by atoms with Crippen LogP contribution in [-0.4, -0.2) is 4.98 Å². The van der Waals surface area contributed by atoms with Crippen LogP contribution in [0.1, 0.15) is 11.3 Å². The average molecular weight is 345 g/mol. The number of nitrogens with one attached hydrogen (secondary N) is 1. The summed E-state index contributed by atoms with van der Waals surface area (Å²) in [6.07, 6.45) is 0. The number of fused-ring (bicyclic) bond motifs is 1. The molecule has 2 nitrogen and oxygen atoms in total. The van der Waals surface area contributed by atoms with Crippen LogP contribution in [-0.2, 0) is 6.54 Å². The van der Waals surface area contributed by atoms with E-state index in [4.69, 9.17) is 0 Å². The molecule has 0 aliphatic carbocycles. The van der Waals surface area contributed by atoms with Gasteiger partial charge < -0.3 is 5.32 Å². The minimum Gasteiger partial charge on any atom is -0.379 e. The molecule has 21 heavy (non-hydrogen) atoms. The second kappa shape index (κ2) is 5.82. The Kier molecular flexibility index (Phi) is 3.88. The number of aromatic nitrogens is 1. The van der Waals surface area contributed by atoms with Gasteiger partial charge in [-0.3, -0.25) is 4.98 Å². The number of rotatable bonds is 3. The third-order valence-corrected chi connectivity index (χ3v) is 3.80. The van der Waals surface area contributed by atoms with Gasteiger partial charge in [0.1, 0.15) is 5.82 Å². The molecule has 0 aliphatic heterocycles. The molecule has 0 radical (unpaired) electrons. The van der Waals surface area contributed by atoms with Crippen LogP contribution in [0.5, 0.6) is 0 Å². The number of halogens is 2. The van der Waals surface area contributed by atoms with E-state index in [0.717, 1.165) is 26.6 Å². The summed E-state index contributed by atoms with van der Waals surface area (Å²) in [4.78, 5) is 4.47. The maximum absolute atomic E-state index is 13.7. The average Bonchev–Trinajstić information content (AvgIpc) is 2.48. The minimum atomic E-state index is -0.253. The first kappa shape index (κ1) is 14.0. The van der Waals surface area contributed by atoms with E-state index in [0.29, 0.717) is 12.2 Å². The highest BCUT2D eigenvalue weighted by molar-refractivity contribution is 9.10. The molecule has 0 bridgehead atoms. The van der Waals surface area contributed by atoms with Crippen LogP contribution in [0.25, 0.3) is 10.9 Å². The van der Waals surface area contributed by atoms with Gasteiger partial charge in [0.25, 0.3) is 0 Å². The van der Waals surface area contributed by atoms with Crippen LogP contribution in [0.4, 0.5) is 10.1 Å². The number of hydrogen-bond donors (Lipinski definition) is 1. The monoisotopic (exact) mass is 344 g/mol. The maximum Gasteiger partial charge on any atom is 0.146 e. The second-order valence-corrected chi connectivity index (χ2v) is 5.87. The lowest BCUT2D eigenvalue weighted by atomic mass is 10.1. The Balaban J connectivity index is 1.82. The fraction of sp³-hybridized carbons (Fsp3) is 0.118. The fourth-order valence-electron chi connectivity index (χ4n) is 2.22. The van der Waals surface area contributed by atoms with Crippen molar-refractivity contribution >= 4 is 32.5 Å². The van der Waals surface area contributed by atoms with Crippen molar-refractivity contribution in [1.82, 2.24) is 4.98 Å². The Bertz CT molecular complexity index is 802. The van der Waals surface area contributed by atoms with E-state index in [1.807, 2.05) is 25.1 Å². The van der Waals surface area contributed by atoms with E-state index < -0.39 is 0 Å². The van der Waals surface area contributed by atoms with Gasteiger partial charge in [-0.1, -0.05) is 28.1 Å². The summed E-state index contributed by atoms with van der Waals surface area (Å²) in [7, 11) is 0. The van der Waals surface area contributed by atoms with Crippen molar-refractivity contribution < 1.29 is 4.39 Å². The first-order chi connectivity index (χ1) is 10.1. The first-order valence-electron chi connectivity index (χ1n) is 6.67. The van der Waals surface area contributed by atoms with Crippen LogP contribution in [0.3, 0.4) is 0 Å². The summed E-state index contributed by atoms with van der Waals surface area (Å²) >= 11 is 3.35. The lowest BCUT2D eigenvalue weighted by Crippen LogP contribution is -2.01. The zero-order chi connectivity index (χ0) is 14.8. The van der Waals surface area contributed by atoms with Gasteiger partial charge >= 0.3 is 0 Å². The van der Waals surface area contributed by atoms with Gasteiger partial charge in [0.05, 0.1) is 11.2 Å². The van der Waals surface area contributed by atoms with Crippen molar-refractivity contribution in [2.75, 3.05) is 5.32 Å². The van der Waals surface area contributed by atoms with Crippen LogP contribution in [0.2, 0.25) is 0 Å². The summed E-state index contributed by atoms with van der Waals surface area (Å²) in [6.45, 7) is 2.54. The van der Waals surface area contributed by atoms with Gasteiger partial charge in [-0.15, -0.1) is 0 Å². The predicted molar refractivity (Wildman–Crippen MR) is 87.9 cm³/mol. The molecule has 3 aromatic rings. The molecule has 106 valence electrons. The summed E-state index contributed by atoms with van der Waals surface area (Å²) in [6, 6.07) is 15.0. The number of aryl methyl sites for hydroxylation is 1. The SMILES string of the molecule is Cc1ccc2cc(CNc3cc(Br)ccc3F)ccc2n1. The van der Waals surface area contributed by atoms with Crippen molar-refractivity contribution in [2.45, 2.75) is 13.5 Å². The lowest BCUT2D eigenvalue weighted by Gasteiger charge is -2.09. The second-order valence-electron chi connectivity index (χ2n) is 4.96. The third-order valence-electron chi connectivity index (χ3n) is 3.30. The molecule has 0 atom stereocenters. The topological polar surface area (TPSA) is 24.9 Å². The summed E-state index contributed by atoms with van der Waals surface area (Å²) < 4.78 is 14.5. The van der Waals surface area contributed by atoms with Crippen molar-refractivity contribution in [3.8, 4) is 0 Å². The molecule has 0 fully saturated rings. The normalized spacial score (nSPS) is 10.8. The van der Waals surface area contributed by atoms with E-state index in [1.165, 1.54) is 6.07 Å². The van der Waals surface area contributed by atoms with E-state index >= 15 is 0 Å². The fourth-order valence-corrected chi connectivity index (χ4v) is 2.58. The van der Waals surface area contributed by atoms with Crippen molar-refractivity contribution in [1.29, 1.82) is 0 Å². The van der Waals surface area contributed by atoms with Gasteiger partial charge in [-0.05, 0) is 48.9 Å². The molecule has 4 heteroatoms. The quantitative estimate of drug-likeness (QED) is 0.718. The van der Waals surface area contributed by atoms with Crippen LogP contribution < -0.4 is 5.32 Å². The standard InChI is InChI=1S/C17H14BrFN2/c1-11-2-4-13-8-12(3-7-16(13)21-11)10-20-17-9-14(18)5-6-15(17)19/h2-9,20H,10H2,1H3. The molecule has 0 saturated heterocycles. The van der Waals surface area contributed by atoms with Crippen LogP contribution in [0, 0.1) is 12.7 Å². The van der Waals surface area contributed by atoms with Gasteiger partial charge in [0.15, 0.2) is 0 Å². The third kappa shape index (κ3) is 3.22. The van der Waals surface area contributed by atoms with Crippen molar-refractivity contribution in [3.05, 3.63) is 70.1 Å². The Hall–Kier alpha value is -1.94. The molecule has 1 aromatic heterocycles. The highest BCUT2D eigenvalue weighted by atomic mass is 79.9. The number of anilines is 1. The van der Waals surface area contributed by atoms with Crippen LogP contribution >= 0.6 is 15.9 Å². The maximum atomic E-state index is 13.7. The molecule has 1 N–H and O–H groups in total. The molecule has 0 aliphatic rings. The summed E-state index contributed by atoms with van der Waals surface area (Å²) in [5.41, 5.74) is 3.57. The zero-order valence-electron chi connectivity index (χ0n) is 11.5. The van der Waals surface area contributed by atoms with Gasteiger partial charge in [0, 0.05) is 22.1 Å². The summed E-state index contributed by atoms with van der Waals surface area (Å²) in [5.74, 6) is -0.253. The Morgan fingerprint density at radius 2 is 1.95 bits per heavy atom. The lowest BCUT2D eigenvalue weighted by molar-refractivity contribution is 0.630. The number of hydrogen-bond acceptors (Lipinski definition) is 2. The predicted octanol–water partition coefficient (Wildman–Crippen LogP) is 5.06. The molecular weight excluding hydrogens is 331 g/mol. The number of nitrogens with zero attached hydrogens (tertiary/aromatic N) is 1. The molecule has 0 saturated carbocycles. The van der Waals surface area contributed by atoms with Crippen molar-refractivity contribution in [3.63, 3.8) is 0 Å². The largest absolute Gasteiger partial charge is 0.379 e. The molecule has 3 rings (SSSR count). The van der Waals surface area contributed by atoms with E-state index in [9.17, 15) is 4.39 Å². The summed E-state index contributed by atoms with van der Waals surface area (Å²) in [5, 5.41) is 4.21. The first-order valence-corrected chi connectivity index (χ1v) is 7.46. The van der Waals surface area contributed by atoms with E-state index in [2.05, 4.69) is 38.4 Å². The molecular formula is C17H14BrFN2. The smallest absolute Gasteiger partial charge is 0.146 e. The zero-order valence-corrected chi connectivity index (χ0v) is 13.1. The number of benzene rings is 2. The molecule has 1 heterocycles. The molecule has 0 amide bonds. The highest BCUT2D eigenvalue weighted by Gasteiger charge is 2.03. The van der Waals surface area contributed by atoms with Gasteiger partial charge in [0.2, 0.25) is 0 Å². The minimum absolute atomic E-state index is 0.253. The van der Waals surface area contributed by atoms with Gasteiger partial charge in [-0.25, -0.2) is 4.39 Å². The van der Waals surface area contributed by atoms with Crippen molar-refractivity contribution in [2.24, 2.45) is 0 Å². The Morgan fingerprint density at radius 3 is 2.81 bits per heavy atom. The van der Waals surface area contributed by atoms with E-state index in [-0.39, 0.29) is 5.82 Å². The molecule has 2 aromatic carbocycles. The Labute approximate surface area is 131 Å². The molecule has 0 spiro atoms. The Morgan fingerprint density at radius 1 is 1.10 bits per heavy atom. The number of pyridine rings is 1. The highest BCUT2D eigenvalue weighted by Crippen LogP contribution is 2.21. The van der Waals surface area contributed by atoms with E-state index in [1.54, 1.807) is 12.1 Å².